The molecule has 1 aliphatic carbocycles. The molecule has 1 saturated carbocycles. The second kappa shape index (κ2) is 7.90. The molecule has 0 amide bonds. The molecule has 0 heterocycles. The van der Waals surface area contributed by atoms with Crippen molar-refractivity contribution in [3.8, 4) is 0 Å². The van der Waals surface area contributed by atoms with Crippen LogP contribution >= 0.6 is 0 Å². The van der Waals surface area contributed by atoms with Gasteiger partial charge in [0.05, 0.1) is 12.6 Å². The van der Waals surface area contributed by atoms with Crippen molar-refractivity contribution in [3.63, 3.8) is 0 Å². The monoisotopic (exact) mass is 275 g/mol. The molecule has 1 fully saturated rings. The van der Waals surface area contributed by atoms with Gasteiger partial charge in [-0.1, -0.05) is 30.3 Å². The maximum Gasteiger partial charge on any atom is 0.191 e. The van der Waals surface area contributed by atoms with Crippen LogP contribution in [0.25, 0.3) is 0 Å². The van der Waals surface area contributed by atoms with Crippen molar-refractivity contribution in [2.24, 2.45) is 4.99 Å². The van der Waals surface area contributed by atoms with Crippen molar-refractivity contribution in [1.29, 1.82) is 0 Å². The number of benzene rings is 1. The van der Waals surface area contributed by atoms with Gasteiger partial charge in [0.2, 0.25) is 0 Å². The highest BCUT2D eigenvalue weighted by molar-refractivity contribution is 5.80. The summed E-state index contributed by atoms with van der Waals surface area (Å²) in [6.45, 7) is 3.62. The van der Waals surface area contributed by atoms with Crippen LogP contribution in [0.3, 0.4) is 0 Å². The second-order valence-corrected chi connectivity index (χ2v) is 5.33. The maximum absolute atomic E-state index is 9.54. The number of nitrogens with zero attached hydrogens (tertiary/aromatic N) is 1. The summed E-state index contributed by atoms with van der Waals surface area (Å²) >= 11 is 0. The van der Waals surface area contributed by atoms with Crippen LogP contribution in [-0.2, 0) is 6.54 Å². The van der Waals surface area contributed by atoms with Gasteiger partial charge in [-0.05, 0) is 38.2 Å². The lowest BCUT2D eigenvalue weighted by atomic mass is 9.93. The summed E-state index contributed by atoms with van der Waals surface area (Å²) in [5, 5.41) is 16.3. The zero-order valence-electron chi connectivity index (χ0n) is 12.2. The minimum absolute atomic E-state index is 0.114. The van der Waals surface area contributed by atoms with Crippen LogP contribution in [0.2, 0.25) is 0 Å². The predicted molar refractivity (Wildman–Crippen MR) is 82.7 cm³/mol. The lowest BCUT2D eigenvalue weighted by Gasteiger charge is -2.27. The smallest absolute Gasteiger partial charge is 0.191 e. The first kappa shape index (κ1) is 14.9. The van der Waals surface area contributed by atoms with E-state index < -0.39 is 0 Å². The van der Waals surface area contributed by atoms with Crippen molar-refractivity contribution in [2.45, 2.75) is 51.3 Å². The molecule has 3 N–H and O–H groups in total. The third kappa shape index (κ3) is 4.85. The molecule has 110 valence electrons. The summed E-state index contributed by atoms with van der Waals surface area (Å²) in [4.78, 5) is 4.63. The Morgan fingerprint density at radius 2 is 1.90 bits per heavy atom. The highest BCUT2D eigenvalue weighted by Gasteiger charge is 2.19. The van der Waals surface area contributed by atoms with E-state index in [1.54, 1.807) is 0 Å². The Morgan fingerprint density at radius 1 is 1.20 bits per heavy atom. The van der Waals surface area contributed by atoms with Gasteiger partial charge >= 0.3 is 0 Å². The third-order valence-electron chi connectivity index (χ3n) is 3.64. The largest absolute Gasteiger partial charge is 0.393 e. The number of nitrogens with one attached hydrogen (secondary N) is 2. The van der Waals surface area contributed by atoms with Crippen molar-refractivity contribution in [2.75, 3.05) is 6.54 Å². The summed E-state index contributed by atoms with van der Waals surface area (Å²) in [7, 11) is 0. The fourth-order valence-corrected chi connectivity index (χ4v) is 2.49. The lowest BCUT2D eigenvalue weighted by Crippen LogP contribution is -2.45. The van der Waals surface area contributed by atoms with E-state index in [1.165, 1.54) is 5.56 Å². The first-order valence-electron chi connectivity index (χ1n) is 7.54. The molecule has 1 aromatic carbocycles. The molecule has 0 unspecified atom stereocenters. The van der Waals surface area contributed by atoms with Crippen LogP contribution in [0.5, 0.6) is 0 Å². The molecular formula is C16H25N3O. The minimum Gasteiger partial charge on any atom is -0.393 e. The van der Waals surface area contributed by atoms with E-state index in [0.29, 0.717) is 12.6 Å². The van der Waals surface area contributed by atoms with Gasteiger partial charge in [0, 0.05) is 12.6 Å². The summed E-state index contributed by atoms with van der Waals surface area (Å²) in [6, 6.07) is 10.7. The Kier molecular flexibility index (Phi) is 5.87. The first-order valence-corrected chi connectivity index (χ1v) is 7.54. The van der Waals surface area contributed by atoms with E-state index in [1.807, 2.05) is 18.2 Å². The average molecular weight is 275 g/mol. The van der Waals surface area contributed by atoms with E-state index in [0.717, 1.165) is 38.2 Å². The summed E-state index contributed by atoms with van der Waals surface area (Å²) < 4.78 is 0. The molecule has 0 aliphatic heterocycles. The number of guanidine groups is 1. The van der Waals surface area contributed by atoms with Gasteiger partial charge in [0.25, 0.3) is 0 Å². The number of aliphatic hydroxyl groups excluding tert-OH is 1. The van der Waals surface area contributed by atoms with Crippen LogP contribution in [0, 0.1) is 0 Å². The van der Waals surface area contributed by atoms with Crippen LogP contribution < -0.4 is 10.6 Å². The van der Waals surface area contributed by atoms with Crippen molar-refractivity contribution < 1.29 is 5.11 Å². The molecule has 2 rings (SSSR count). The molecule has 4 heteroatoms. The molecule has 0 saturated heterocycles. The zero-order chi connectivity index (χ0) is 14.2. The summed E-state index contributed by atoms with van der Waals surface area (Å²) in [5.74, 6) is 0.873. The van der Waals surface area contributed by atoms with Gasteiger partial charge in [-0.2, -0.15) is 0 Å². The standard InChI is InChI=1S/C16H25N3O/c1-2-17-16(18-12-13-6-4-3-5-7-13)19-14-8-10-15(20)11-9-14/h3-7,14-15,20H,2,8-12H2,1H3,(H2,17,18,19). The maximum atomic E-state index is 9.54. The van der Waals surface area contributed by atoms with E-state index in [4.69, 9.17) is 0 Å². The van der Waals surface area contributed by atoms with Crippen LogP contribution in [-0.4, -0.2) is 29.8 Å². The Morgan fingerprint density at radius 3 is 2.55 bits per heavy atom. The van der Waals surface area contributed by atoms with Crippen molar-refractivity contribution in [1.82, 2.24) is 10.6 Å². The number of hydrogen-bond donors (Lipinski definition) is 3. The molecular weight excluding hydrogens is 250 g/mol. The number of aliphatic imine (C=N–C) groups is 1. The van der Waals surface area contributed by atoms with Gasteiger partial charge < -0.3 is 15.7 Å². The number of rotatable bonds is 4. The van der Waals surface area contributed by atoms with Gasteiger partial charge in [-0.3, -0.25) is 0 Å². The summed E-state index contributed by atoms with van der Waals surface area (Å²) in [5.41, 5.74) is 1.21. The number of aliphatic hydroxyl groups is 1. The molecule has 0 radical (unpaired) electrons. The normalized spacial score (nSPS) is 23.4. The van der Waals surface area contributed by atoms with E-state index in [-0.39, 0.29) is 6.10 Å². The predicted octanol–water partition coefficient (Wildman–Crippen LogP) is 2.05. The van der Waals surface area contributed by atoms with E-state index >= 15 is 0 Å². The van der Waals surface area contributed by atoms with Crippen LogP contribution in [0.4, 0.5) is 0 Å². The molecule has 20 heavy (non-hydrogen) atoms. The fourth-order valence-electron chi connectivity index (χ4n) is 2.49. The first-order chi connectivity index (χ1) is 9.78. The quantitative estimate of drug-likeness (QED) is 0.582. The van der Waals surface area contributed by atoms with Crippen LogP contribution in [0.1, 0.15) is 38.2 Å². The van der Waals surface area contributed by atoms with Crippen molar-refractivity contribution in [3.05, 3.63) is 35.9 Å². The SMILES string of the molecule is CCNC(=NCc1ccccc1)NC1CCC(O)CC1. The van der Waals surface area contributed by atoms with E-state index in [9.17, 15) is 5.11 Å². The lowest BCUT2D eigenvalue weighted by molar-refractivity contribution is 0.120. The molecule has 1 aromatic rings. The Labute approximate surface area is 121 Å². The van der Waals surface area contributed by atoms with Crippen molar-refractivity contribution >= 4 is 5.96 Å². The molecule has 0 aromatic heterocycles. The zero-order valence-corrected chi connectivity index (χ0v) is 12.2. The second-order valence-electron chi connectivity index (χ2n) is 5.33. The average Bonchev–Trinajstić information content (AvgIpc) is 2.48. The Bertz CT molecular complexity index is 411. The van der Waals surface area contributed by atoms with Gasteiger partial charge in [-0.15, -0.1) is 0 Å². The molecule has 0 spiro atoms. The summed E-state index contributed by atoms with van der Waals surface area (Å²) in [6.07, 6.45) is 3.68. The van der Waals surface area contributed by atoms with Gasteiger partial charge in [0.1, 0.15) is 0 Å². The topological polar surface area (TPSA) is 56.7 Å². The molecule has 0 atom stereocenters. The highest BCUT2D eigenvalue weighted by Crippen LogP contribution is 2.18. The third-order valence-corrected chi connectivity index (χ3v) is 3.64. The highest BCUT2D eigenvalue weighted by atomic mass is 16.3. The fraction of sp³-hybridized carbons (Fsp3) is 0.562. The molecule has 1 aliphatic rings. The minimum atomic E-state index is -0.114. The van der Waals surface area contributed by atoms with E-state index in [2.05, 4.69) is 34.7 Å². The van der Waals surface area contributed by atoms with Gasteiger partial charge in [-0.25, -0.2) is 4.99 Å². The Hall–Kier alpha value is -1.55. The molecule has 0 bridgehead atoms. The van der Waals surface area contributed by atoms with Crippen LogP contribution in [0.15, 0.2) is 35.3 Å². The molecule has 4 nitrogen and oxygen atoms in total. The number of hydrogen-bond acceptors (Lipinski definition) is 2. The Balaban J connectivity index is 1.89. The van der Waals surface area contributed by atoms with Gasteiger partial charge in [0.15, 0.2) is 5.96 Å².